The number of halogens is 1. The molecule has 0 bridgehead atoms. The summed E-state index contributed by atoms with van der Waals surface area (Å²) in [5, 5.41) is 8.43. The van der Waals surface area contributed by atoms with E-state index in [0.29, 0.717) is 40.6 Å². The molecule has 1 aromatic carbocycles. The molecule has 0 saturated carbocycles. The van der Waals surface area contributed by atoms with Crippen LogP contribution in [0, 0.1) is 12.7 Å². The minimum absolute atomic E-state index is 0.402. The molecule has 2 N–H and O–H groups in total. The van der Waals surface area contributed by atoms with Crippen LogP contribution in [-0.2, 0) is 0 Å². The summed E-state index contributed by atoms with van der Waals surface area (Å²) in [5.74, 6) is 0.612. The lowest BCUT2D eigenvalue weighted by Crippen LogP contribution is -2.19. The Morgan fingerprint density at radius 1 is 0.974 bits per heavy atom. The maximum absolute atomic E-state index is 14.5. The van der Waals surface area contributed by atoms with Gasteiger partial charge in [-0.3, -0.25) is 20.1 Å². The van der Waals surface area contributed by atoms with Crippen LogP contribution in [-0.4, -0.2) is 67.3 Å². The van der Waals surface area contributed by atoms with Crippen LogP contribution in [0.15, 0.2) is 61.2 Å². The van der Waals surface area contributed by atoms with Crippen molar-refractivity contribution < 1.29 is 9.13 Å². The average molecular weight is 509 g/mol. The highest BCUT2D eigenvalue weighted by Gasteiger charge is 2.18. The lowest BCUT2D eigenvalue weighted by molar-refractivity contribution is 0.260. The third-order valence-corrected chi connectivity index (χ3v) is 6.34. The topological polar surface area (TPSA) is 109 Å². The Hall–Kier alpha value is -4.70. The zero-order chi connectivity index (χ0) is 26.2. The summed E-state index contributed by atoms with van der Waals surface area (Å²) >= 11 is 0. The van der Waals surface area contributed by atoms with E-state index in [1.165, 1.54) is 12.1 Å². The van der Waals surface area contributed by atoms with Crippen molar-refractivity contribution in [1.29, 1.82) is 0 Å². The van der Waals surface area contributed by atoms with Crippen molar-refractivity contribution in [3.8, 4) is 39.8 Å². The second-order valence-corrected chi connectivity index (χ2v) is 9.35. The van der Waals surface area contributed by atoms with E-state index in [2.05, 4.69) is 30.1 Å². The number of hydrogen-bond donors (Lipinski definition) is 2. The number of hydrogen-bond acceptors (Lipinski definition) is 7. The quantitative estimate of drug-likeness (QED) is 0.312. The molecule has 5 aromatic heterocycles. The van der Waals surface area contributed by atoms with Crippen LogP contribution in [0.2, 0.25) is 0 Å². The van der Waals surface area contributed by atoms with Crippen LogP contribution in [0.1, 0.15) is 5.56 Å². The van der Waals surface area contributed by atoms with E-state index in [0.717, 1.165) is 39.8 Å². The first-order chi connectivity index (χ1) is 18.5. The number of likely N-dealkylation sites (N-methyl/N-ethyl adjacent to an activating group) is 1. The minimum atomic E-state index is -0.402. The van der Waals surface area contributed by atoms with Crippen LogP contribution in [0.25, 0.3) is 56.0 Å². The Morgan fingerprint density at radius 3 is 2.71 bits per heavy atom. The first-order valence-corrected chi connectivity index (χ1v) is 12.1. The van der Waals surface area contributed by atoms with Gasteiger partial charge in [-0.15, -0.1) is 0 Å². The maximum atomic E-state index is 14.5. The van der Waals surface area contributed by atoms with Crippen molar-refractivity contribution >= 4 is 21.9 Å². The van der Waals surface area contributed by atoms with Gasteiger partial charge >= 0.3 is 0 Å². The largest absolute Gasteiger partial charge is 0.492 e. The predicted molar refractivity (Wildman–Crippen MR) is 144 cm³/mol. The van der Waals surface area contributed by atoms with Gasteiger partial charge in [0.1, 0.15) is 29.4 Å². The fourth-order valence-electron chi connectivity index (χ4n) is 4.36. The Kier molecular flexibility index (Phi) is 6.01. The van der Waals surface area contributed by atoms with Crippen LogP contribution in [0.5, 0.6) is 5.75 Å². The molecule has 0 aliphatic carbocycles. The molecule has 0 atom stereocenters. The van der Waals surface area contributed by atoms with E-state index in [1.807, 2.05) is 44.1 Å². The number of ether oxygens (including phenoxy) is 1. The molecule has 0 saturated heterocycles. The highest BCUT2D eigenvalue weighted by atomic mass is 19.1. The first kappa shape index (κ1) is 23.7. The molecule has 0 aliphatic heterocycles. The number of nitrogens with zero attached hydrogens (tertiary/aromatic N) is 6. The van der Waals surface area contributed by atoms with Crippen LogP contribution >= 0.6 is 0 Å². The third kappa shape index (κ3) is 4.46. The van der Waals surface area contributed by atoms with Gasteiger partial charge in [-0.25, -0.2) is 9.37 Å². The van der Waals surface area contributed by atoms with Gasteiger partial charge in [0, 0.05) is 47.7 Å². The summed E-state index contributed by atoms with van der Waals surface area (Å²) in [4.78, 5) is 23.6. The maximum Gasteiger partial charge on any atom is 0.159 e. The van der Waals surface area contributed by atoms with Gasteiger partial charge in [0.2, 0.25) is 0 Å². The van der Waals surface area contributed by atoms with Gasteiger partial charge in [0.15, 0.2) is 5.82 Å². The molecule has 6 rings (SSSR count). The zero-order valence-corrected chi connectivity index (χ0v) is 21.2. The van der Waals surface area contributed by atoms with E-state index >= 15 is 0 Å². The molecular weight excluding hydrogens is 483 g/mol. The van der Waals surface area contributed by atoms with E-state index in [-0.39, 0.29) is 0 Å². The fourth-order valence-corrected chi connectivity index (χ4v) is 4.36. The summed E-state index contributed by atoms with van der Waals surface area (Å²) in [5.41, 5.74) is 6.77. The molecule has 0 fully saturated rings. The summed E-state index contributed by atoms with van der Waals surface area (Å²) in [7, 11) is 3.92. The second kappa shape index (κ2) is 9.64. The van der Waals surface area contributed by atoms with Crippen molar-refractivity contribution in [3.05, 3.63) is 72.6 Å². The van der Waals surface area contributed by atoms with Crippen LogP contribution < -0.4 is 4.74 Å². The number of aromatic nitrogens is 7. The van der Waals surface area contributed by atoms with Gasteiger partial charge < -0.3 is 14.6 Å². The zero-order valence-electron chi connectivity index (χ0n) is 21.2. The number of nitrogens with one attached hydrogen (secondary N) is 2. The first-order valence-electron chi connectivity index (χ1n) is 12.1. The number of H-pyrrole nitrogens is 2. The second-order valence-electron chi connectivity index (χ2n) is 9.35. The molecule has 10 heteroatoms. The lowest BCUT2D eigenvalue weighted by atomic mass is 10.1. The predicted octanol–water partition coefficient (Wildman–Crippen LogP) is 5.01. The van der Waals surface area contributed by atoms with Gasteiger partial charge in [-0.05, 0) is 56.9 Å². The molecule has 0 amide bonds. The van der Waals surface area contributed by atoms with E-state index in [9.17, 15) is 4.39 Å². The van der Waals surface area contributed by atoms with E-state index < -0.39 is 5.82 Å². The van der Waals surface area contributed by atoms with Gasteiger partial charge in [0.25, 0.3) is 0 Å². The number of aromatic amines is 2. The number of fused-ring (bicyclic) bond motifs is 2. The molecule has 6 aromatic rings. The lowest BCUT2D eigenvalue weighted by Gasteiger charge is -2.12. The van der Waals surface area contributed by atoms with Crippen molar-refractivity contribution in [2.75, 3.05) is 27.2 Å². The van der Waals surface area contributed by atoms with Gasteiger partial charge in [0.05, 0.1) is 28.6 Å². The summed E-state index contributed by atoms with van der Waals surface area (Å²) < 4.78 is 20.3. The average Bonchev–Trinajstić information content (AvgIpc) is 3.52. The van der Waals surface area contributed by atoms with Crippen molar-refractivity contribution in [2.24, 2.45) is 0 Å². The smallest absolute Gasteiger partial charge is 0.159 e. The minimum Gasteiger partial charge on any atom is -0.492 e. The molecule has 38 heavy (non-hydrogen) atoms. The Balaban J connectivity index is 1.41. The number of imidazole rings is 1. The summed E-state index contributed by atoms with van der Waals surface area (Å²) in [6, 6.07) is 10.4. The summed E-state index contributed by atoms with van der Waals surface area (Å²) in [6.07, 6.45) is 7.00. The Labute approximate surface area is 217 Å². The molecule has 9 nitrogen and oxygen atoms in total. The number of aryl methyl sites for hydroxylation is 1. The third-order valence-electron chi connectivity index (χ3n) is 6.34. The molecule has 190 valence electrons. The number of benzene rings is 1. The molecule has 0 unspecified atom stereocenters. The molecule has 0 radical (unpaired) electrons. The number of pyridine rings is 3. The Bertz CT molecular complexity index is 1770. The SMILES string of the molecule is Cc1ccncc1-c1cc2c(-c3nc4c(-c5cc(F)cc(OCCN(C)C)c5)nccc4[nH]3)n[nH]c2cn1. The van der Waals surface area contributed by atoms with Crippen molar-refractivity contribution in [3.63, 3.8) is 0 Å². The molecular formula is C28H25FN8O. The van der Waals surface area contributed by atoms with Crippen molar-refractivity contribution in [2.45, 2.75) is 6.92 Å². The highest BCUT2D eigenvalue weighted by molar-refractivity contribution is 5.97. The molecule has 5 heterocycles. The highest BCUT2D eigenvalue weighted by Crippen LogP contribution is 2.33. The standard InChI is InChI=1S/C28H25FN8O/c1-16-4-6-30-14-21(16)23-13-20-24(15-32-23)35-36-26(20)28-33-22-5-7-31-25(27(22)34-28)17-10-18(29)12-19(11-17)38-9-8-37(2)3/h4-7,10-15H,8-9H2,1-3H3,(H,33,34)(H,35,36). The molecule has 0 spiro atoms. The van der Waals surface area contributed by atoms with Gasteiger partial charge in [-0.2, -0.15) is 5.10 Å². The van der Waals surface area contributed by atoms with Crippen molar-refractivity contribution in [1.82, 2.24) is 40.0 Å². The van der Waals surface area contributed by atoms with E-state index in [4.69, 9.17) is 9.72 Å². The van der Waals surface area contributed by atoms with Crippen LogP contribution in [0.3, 0.4) is 0 Å². The Morgan fingerprint density at radius 2 is 1.87 bits per heavy atom. The summed E-state index contributed by atoms with van der Waals surface area (Å²) in [6.45, 7) is 3.19. The number of rotatable bonds is 7. The monoisotopic (exact) mass is 508 g/mol. The van der Waals surface area contributed by atoms with Gasteiger partial charge in [-0.1, -0.05) is 0 Å². The normalized spacial score (nSPS) is 11.6. The molecule has 0 aliphatic rings. The fraction of sp³-hybridized carbons (Fsp3) is 0.179. The van der Waals surface area contributed by atoms with Crippen LogP contribution in [0.4, 0.5) is 4.39 Å². The van der Waals surface area contributed by atoms with E-state index in [1.54, 1.807) is 30.9 Å².